The van der Waals surface area contributed by atoms with Gasteiger partial charge in [-0.05, 0) is 24.8 Å². The molecular formula is C16H28N4O. The molecule has 0 spiro atoms. The van der Waals surface area contributed by atoms with E-state index in [4.69, 9.17) is 4.74 Å². The van der Waals surface area contributed by atoms with E-state index in [0.717, 1.165) is 31.2 Å². The standard InChI is InChI=1S/C16H28N4O/c1-5-12(6-2)14-11-13(8-10-21-14)18-16-17-9-7-15(19-16)20(3)4/h7,9,12-14H,5-6,8,10-11H2,1-4H3,(H,17,18,19). The van der Waals surface area contributed by atoms with Gasteiger partial charge in [0.05, 0.1) is 6.10 Å². The van der Waals surface area contributed by atoms with Crippen LogP contribution >= 0.6 is 0 Å². The highest BCUT2D eigenvalue weighted by molar-refractivity contribution is 5.41. The third-order valence-corrected chi connectivity index (χ3v) is 4.32. The SMILES string of the molecule is CCC(CC)C1CC(Nc2nccc(N(C)C)n2)CCO1. The van der Waals surface area contributed by atoms with E-state index >= 15 is 0 Å². The highest BCUT2D eigenvalue weighted by Crippen LogP contribution is 2.26. The number of hydrogen-bond acceptors (Lipinski definition) is 5. The van der Waals surface area contributed by atoms with Gasteiger partial charge in [0.15, 0.2) is 0 Å². The Morgan fingerprint density at radius 2 is 2.14 bits per heavy atom. The molecule has 0 aliphatic carbocycles. The maximum Gasteiger partial charge on any atom is 0.224 e. The smallest absolute Gasteiger partial charge is 0.224 e. The molecule has 1 aromatic heterocycles. The molecule has 1 aromatic rings. The fourth-order valence-electron chi connectivity index (χ4n) is 2.95. The Kier molecular flexibility index (Phi) is 5.79. The molecule has 0 saturated carbocycles. The van der Waals surface area contributed by atoms with Crippen molar-refractivity contribution >= 4 is 11.8 Å². The van der Waals surface area contributed by atoms with Crippen molar-refractivity contribution in [2.45, 2.75) is 51.7 Å². The van der Waals surface area contributed by atoms with Crippen LogP contribution < -0.4 is 10.2 Å². The molecule has 0 radical (unpaired) electrons. The van der Waals surface area contributed by atoms with Crippen LogP contribution in [0.25, 0.3) is 0 Å². The summed E-state index contributed by atoms with van der Waals surface area (Å²) in [6.45, 7) is 5.32. The van der Waals surface area contributed by atoms with E-state index in [1.165, 1.54) is 12.8 Å². The molecule has 118 valence electrons. The Balaban J connectivity index is 1.97. The number of rotatable bonds is 6. The lowest BCUT2D eigenvalue weighted by molar-refractivity contribution is -0.0271. The van der Waals surface area contributed by atoms with Gasteiger partial charge in [0.25, 0.3) is 0 Å². The van der Waals surface area contributed by atoms with Gasteiger partial charge in [0.1, 0.15) is 5.82 Å². The van der Waals surface area contributed by atoms with Crippen molar-refractivity contribution in [3.05, 3.63) is 12.3 Å². The summed E-state index contributed by atoms with van der Waals surface area (Å²) in [6.07, 6.45) is 6.60. The predicted octanol–water partition coefficient (Wildman–Crippen LogP) is 2.94. The topological polar surface area (TPSA) is 50.3 Å². The minimum absolute atomic E-state index is 0.364. The van der Waals surface area contributed by atoms with Gasteiger partial charge in [-0.3, -0.25) is 0 Å². The van der Waals surface area contributed by atoms with Crippen molar-refractivity contribution in [2.24, 2.45) is 5.92 Å². The highest BCUT2D eigenvalue weighted by atomic mass is 16.5. The molecule has 0 aromatic carbocycles. The Morgan fingerprint density at radius 3 is 2.81 bits per heavy atom. The summed E-state index contributed by atoms with van der Waals surface area (Å²) >= 11 is 0. The van der Waals surface area contributed by atoms with Gasteiger partial charge in [0.2, 0.25) is 5.95 Å². The second-order valence-corrected chi connectivity index (χ2v) is 5.98. The normalized spacial score (nSPS) is 22.3. The molecule has 1 aliphatic rings. The van der Waals surface area contributed by atoms with Crippen LogP contribution in [0.15, 0.2) is 12.3 Å². The number of anilines is 2. The molecule has 2 heterocycles. The summed E-state index contributed by atoms with van der Waals surface area (Å²) in [7, 11) is 3.98. The Morgan fingerprint density at radius 1 is 1.38 bits per heavy atom. The number of nitrogens with one attached hydrogen (secondary N) is 1. The number of hydrogen-bond donors (Lipinski definition) is 1. The maximum atomic E-state index is 5.96. The molecule has 21 heavy (non-hydrogen) atoms. The van der Waals surface area contributed by atoms with Gasteiger partial charge < -0.3 is 15.0 Å². The lowest BCUT2D eigenvalue weighted by Gasteiger charge is -2.34. The summed E-state index contributed by atoms with van der Waals surface area (Å²) < 4.78 is 5.96. The minimum atomic E-state index is 0.364. The second kappa shape index (κ2) is 7.59. The molecule has 1 saturated heterocycles. The van der Waals surface area contributed by atoms with Crippen molar-refractivity contribution in [2.75, 3.05) is 30.9 Å². The highest BCUT2D eigenvalue weighted by Gasteiger charge is 2.27. The zero-order chi connectivity index (χ0) is 15.2. The zero-order valence-electron chi connectivity index (χ0n) is 13.7. The van der Waals surface area contributed by atoms with Crippen LogP contribution in [0, 0.1) is 5.92 Å². The number of aromatic nitrogens is 2. The summed E-state index contributed by atoms with van der Waals surface area (Å²) in [5.41, 5.74) is 0. The predicted molar refractivity (Wildman–Crippen MR) is 86.8 cm³/mol. The van der Waals surface area contributed by atoms with E-state index in [1.807, 2.05) is 31.3 Å². The summed E-state index contributed by atoms with van der Waals surface area (Å²) in [6, 6.07) is 2.32. The van der Waals surface area contributed by atoms with E-state index < -0.39 is 0 Å². The summed E-state index contributed by atoms with van der Waals surface area (Å²) in [5, 5.41) is 3.48. The molecule has 1 fully saturated rings. The van der Waals surface area contributed by atoms with E-state index in [1.54, 1.807) is 0 Å². The van der Waals surface area contributed by atoms with E-state index in [-0.39, 0.29) is 0 Å². The Labute approximate surface area is 128 Å². The lowest BCUT2D eigenvalue weighted by atomic mass is 9.89. The molecule has 2 rings (SSSR count). The van der Waals surface area contributed by atoms with Crippen LogP contribution in [0.5, 0.6) is 0 Å². The van der Waals surface area contributed by atoms with Crippen LogP contribution in [0.2, 0.25) is 0 Å². The fourth-order valence-corrected chi connectivity index (χ4v) is 2.95. The summed E-state index contributed by atoms with van der Waals surface area (Å²) in [5.74, 6) is 2.30. The molecule has 0 bridgehead atoms. The van der Waals surface area contributed by atoms with Crippen molar-refractivity contribution in [1.82, 2.24) is 9.97 Å². The third-order valence-electron chi connectivity index (χ3n) is 4.32. The Bertz CT molecular complexity index is 434. The van der Waals surface area contributed by atoms with Crippen LogP contribution in [-0.4, -0.2) is 42.8 Å². The first-order chi connectivity index (χ1) is 10.1. The quantitative estimate of drug-likeness (QED) is 0.873. The van der Waals surface area contributed by atoms with Gasteiger partial charge >= 0.3 is 0 Å². The van der Waals surface area contributed by atoms with Gasteiger partial charge in [-0.1, -0.05) is 26.7 Å². The van der Waals surface area contributed by atoms with Gasteiger partial charge in [-0.25, -0.2) is 4.98 Å². The van der Waals surface area contributed by atoms with E-state index in [2.05, 4.69) is 29.1 Å². The second-order valence-electron chi connectivity index (χ2n) is 5.98. The van der Waals surface area contributed by atoms with Gasteiger partial charge in [0, 0.05) is 32.9 Å². The van der Waals surface area contributed by atoms with Crippen molar-refractivity contribution < 1.29 is 4.74 Å². The average Bonchev–Trinajstić information content (AvgIpc) is 2.49. The molecule has 1 aliphatic heterocycles. The average molecular weight is 292 g/mol. The molecule has 5 heteroatoms. The molecule has 0 amide bonds. The van der Waals surface area contributed by atoms with Crippen LogP contribution in [0.1, 0.15) is 39.5 Å². The zero-order valence-corrected chi connectivity index (χ0v) is 13.7. The summed E-state index contributed by atoms with van der Waals surface area (Å²) in [4.78, 5) is 10.9. The molecular weight excluding hydrogens is 264 g/mol. The van der Waals surface area contributed by atoms with Crippen molar-refractivity contribution in [3.8, 4) is 0 Å². The number of nitrogens with zero attached hydrogens (tertiary/aromatic N) is 3. The molecule has 1 N–H and O–H groups in total. The first-order valence-corrected chi connectivity index (χ1v) is 8.02. The van der Waals surface area contributed by atoms with E-state index in [9.17, 15) is 0 Å². The lowest BCUT2D eigenvalue weighted by Crippen LogP contribution is -2.38. The van der Waals surface area contributed by atoms with Crippen LogP contribution in [0.3, 0.4) is 0 Å². The van der Waals surface area contributed by atoms with Crippen LogP contribution in [-0.2, 0) is 4.74 Å². The first kappa shape index (κ1) is 16.0. The fraction of sp³-hybridized carbons (Fsp3) is 0.750. The van der Waals surface area contributed by atoms with Crippen molar-refractivity contribution in [3.63, 3.8) is 0 Å². The Hall–Kier alpha value is -1.36. The van der Waals surface area contributed by atoms with Crippen LogP contribution in [0.4, 0.5) is 11.8 Å². The van der Waals surface area contributed by atoms with E-state index in [0.29, 0.717) is 18.1 Å². The largest absolute Gasteiger partial charge is 0.378 e. The third kappa shape index (κ3) is 4.30. The van der Waals surface area contributed by atoms with Gasteiger partial charge in [-0.15, -0.1) is 0 Å². The molecule has 2 unspecified atom stereocenters. The van der Waals surface area contributed by atoms with Crippen molar-refractivity contribution in [1.29, 1.82) is 0 Å². The molecule has 2 atom stereocenters. The maximum absolute atomic E-state index is 5.96. The monoisotopic (exact) mass is 292 g/mol. The number of ether oxygens (including phenoxy) is 1. The first-order valence-electron chi connectivity index (χ1n) is 8.02. The molecule has 5 nitrogen and oxygen atoms in total. The van der Waals surface area contributed by atoms with Gasteiger partial charge in [-0.2, -0.15) is 4.98 Å². The minimum Gasteiger partial charge on any atom is -0.378 e.